The highest BCUT2D eigenvalue weighted by molar-refractivity contribution is 5.89. The van der Waals surface area contributed by atoms with Gasteiger partial charge in [-0.15, -0.1) is 0 Å². The first kappa shape index (κ1) is 16.9. The number of alkyl halides is 4. The number of halogens is 4. The summed E-state index contributed by atoms with van der Waals surface area (Å²) in [7, 11) is 0.960. The number of amides is 1. The summed E-state index contributed by atoms with van der Waals surface area (Å²) >= 11 is 0. The lowest BCUT2D eigenvalue weighted by atomic mass is 10.0. The lowest BCUT2D eigenvalue weighted by Crippen LogP contribution is -2.46. The van der Waals surface area contributed by atoms with Crippen LogP contribution in [0.1, 0.15) is 15.9 Å². The molecule has 1 aromatic rings. The highest BCUT2D eigenvalue weighted by Crippen LogP contribution is 2.25. The summed E-state index contributed by atoms with van der Waals surface area (Å²) in [4.78, 5) is 22.6. The van der Waals surface area contributed by atoms with Gasteiger partial charge in [-0.05, 0) is 18.1 Å². The van der Waals surface area contributed by atoms with Crippen molar-refractivity contribution in [1.29, 1.82) is 0 Å². The molecule has 8 heteroatoms. The molecule has 0 saturated heterocycles. The summed E-state index contributed by atoms with van der Waals surface area (Å²) in [5, 5.41) is 8.94. The number of hydrogen-bond donors (Lipinski definition) is 1. The van der Waals surface area contributed by atoms with Crippen molar-refractivity contribution < 1.29 is 32.3 Å². The van der Waals surface area contributed by atoms with Crippen LogP contribution in [0.15, 0.2) is 24.3 Å². The lowest BCUT2D eigenvalue weighted by molar-refractivity contribution is -0.179. The van der Waals surface area contributed by atoms with Crippen LogP contribution in [-0.4, -0.2) is 47.8 Å². The number of carbonyl (C=O) groups excluding carboxylic acids is 1. The fourth-order valence-corrected chi connectivity index (χ4v) is 1.68. The molecule has 0 atom stereocenters. The number of carbonyl (C=O) groups is 2. The van der Waals surface area contributed by atoms with Gasteiger partial charge in [0.15, 0.2) is 0 Å². The molecular formula is C13H13F4NO3. The first-order valence-corrected chi connectivity index (χ1v) is 5.90. The second kappa shape index (κ2) is 6.55. The molecule has 1 rings (SSSR count). The van der Waals surface area contributed by atoms with E-state index in [1.807, 2.05) is 0 Å². The van der Waals surface area contributed by atoms with Gasteiger partial charge in [0.25, 0.3) is 5.91 Å². The van der Waals surface area contributed by atoms with E-state index in [4.69, 9.17) is 5.11 Å². The van der Waals surface area contributed by atoms with Gasteiger partial charge in [0, 0.05) is 13.6 Å². The fourth-order valence-electron chi connectivity index (χ4n) is 1.68. The van der Waals surface area contributed by atoms with E-state index >= 15 is 0 Å². The van der Waals surface area contributed by atoms with Gasteiger partial charge in [-0.2, -0.15) is 8.78 Å². The van der Waals surface area contributed by atoms with Gasteiger partial charge < -0.3 is 10.0 Å². The summed E-state index contributed by atoms with van der Waals surface area (Å²) in [5.41, 5.74) is 0.295. The number of benzene rings is 1. The van der Waals surface area contributed by atoms with Crippen molar-refractivity contribution in [3.8, 4) is 0 Å². The molecule has 0 aromatic heterocycles. The minimum absolute atomic E-state index is 0.0287. The summed E-state index contributed by atoms with van der Waals surface area (Å²) in [6, 6.07) is 5.84. The van der Waals surface area contributed by atoms with Crippen molar-refractivity contribution in [1.82, 2.24) is 4.90 Å². The van der Waals surface area contributed by atoms with E-state index in [9.17, 15) is 27.2 Å². The Morgan fingerprint density at radius 3 is 2.38 bits per heavy atom. The normalized spacial score (nSPS) is 11.5. The summed E-state index contributed by atoms with van der Waals surface area (Å²) in [5.74, 6) is -7.94. The van der Waals surface area contributed by atoms with E-state index in [0.717, 1.165) is 7.05 Å². The quantitative estimate of drug-likeness (QED) is 0.820. The number of likely N-dealkylation sites (N-methyl/N-ethyl adjacent to an activating group) is 1. The van der Waals surface area contributed by atoms with Gasteiger partial charge in [0.05, 0.1) is 5.56 Å². The molecule has 116 valence electrons. The van der Waals surface area contributed by atoms with Gasteiger partial charge in [-0.25, -0.2) is 13.6 Å². The van der Waals surface area contributed by atoms with Gasteiger partial charge in [-0.1, -0.05) is 18.2 Å². The van der Waals surface area contributed by atoms with Gasteiger partial charge >= 0.3 is 18.3 Å². The standard InChI is InChI=1S/C13H13F4NO3/c1-18(12(21)13(16,17)11(14)15)7-6-8-4-2-3-5-9(8)10(19)20/h2-5,11H,6-7H2,1H3,(H,19,20). The zero-order valence-corrected chi connectivity index (χ0v) is 11.0. The van der Waals surface area contributed by atoms with Gasteiger partial charge in [-0.3, -0.25) is 4.79 Å². The second-order valence-corrected chi connectivity index (χ2v) is 4.36. The average Bonchev–Trinajstić information content (AvgIpc) is 2.43. The molecule has 1 N–H and O–H groups in total. The maximum Gasteiger partial charge on any atom is 0.383 e. The minimum atomic E-state index is -4.75. The summed E-state index contributed by atoms with van der Waals surface area (Å²) in [6.07, 6.45) is -4.12. The number of nitrogens with zero attached hydrogens (tertiary/aromatic N) is 1. The molecule has 0 radical (unpaired) electrons. The van der Waals surface area contributed by atoms with E-state index in [2.05, 4.69) is 0 Å². The molecule has 0 heterocycles. The number of rotatable bonds is 6. The largest absolute Gasteiger partial charge is 0.478 e. The number of hydrogen-bond acceptors (Lipinski definition) is 2. The van der Waals surface area contributed by atoms with E-state index in [1.165, 1.54) is 18.2 Å². The van der Waals surface area contributed by atoms with Gasteiger partial charge in [0.2, 0.25) is 0 Å². The van der Waals surface area contributed by atoms with Crippen LogP contribution in [0.4, 0.5) is 17.6 Å². The predicted octanol–water partition coefficient (Wildman–Crippen LogP) is 2.29. The number of carboxylic acid groups (broad SMARTS) is 1. The van der Waals surface area contributed by atoms with Crippen molar-refractivity contribution in [3.05, 3.63) is 35.4 Å². The fraction of sp³-hybridized carbons (Fsp3) is 0.385. The highest BCUT2D eigenvalue weighted by Gasteiger charge is 2.50. The van der Waals surface area contributed by atoms with Crippen molar-refractivity contribution in [2.24, 2.45) is 0 Å². The van der Waals surface area contributed by atoms with Gasteiger partial charge in [0.1, 0.15) is 0 Å². The third kappa shape index (κ3) is 3.93. The van der Waals surface area contributed by atoms with Crippen LogP contribution in [0.2, 0.25) is 0 Å². The zero-order valence-electron chi connectivity index (χ0n) is 11.0. The predicted molar refractivity (Wildman–Crippen MR) is 65.7 cm³/mol. The maximum atomic E-state index is 12.9. The van der Waals surface area contributed by atoms with Crippen molar-refractivity contribution in [2.45, 2.75) is 18.8 Å². The number of aromatic carboxylic acids is 1. The van der Waals surface area contributed by atoms with E-state index in [1.54, 1.807) is 6.07 Å². The van der Waals surface area contributed by atoms with E-state index < -0.39 is 24.2 Å². The third-order valence-electron chi connectivity index (χ3n) is 2.87. The lowest BCUT2D eigenvalue weighted by Gasteiger charge is -2.23. The Bertz CT molecular complexity index is 534. The van der Waals surface area contributed by atoms with Crippen LogP contribution in [0.3, 0.4) is 0 Å². The van der Waals surface area contributed by atoms with Crippen LogP contribution in [0.25, 0.3) is 0 Å². The Morgan fingerprint density at radius 2 is 1.86 bits per heavy atom. The first-order chi connectivity index (χ1) is 9.67. The Balaban J connectivity index is 2.76. The van der Waals surface area contributed by atoms with E-state index in [-0.39, 0.29) is 18.5 Å². The molecule has 0 bridgehead atoms. The molecule has 0 aliphatic rings. The summed E-state index contributed by atoms with van der Waals surface area (Å²) in [6.45, 7) is -0.300. The topological polar surface area (TPSA) is 57.6 Å². The van der Waals surface area contributed by atoms with Crippen molar-refractivity contribution >= 4 is 11.9 Å². The molecule has 1 aromatic carbocycles. The smallest absolute Gasteiger partial charge is 0.383 e. The first-order valence-electron chi connectivity index (χ1n) is 5.90. The molecular weight excluding hydrogens is 294 g/mol. The Hall–Kier alpha value is -2.12. The summed E-state index contributed by atoms with van der Waals surface area (Å²) < 4.78 is 49.9. The van der Waals surface area contributed by atoms with Crippen LogP contribution in [-0.2, 0) is 11.2 Å². The van der Waals surface area contributed by atoms with Crippen molar-refractivity contribution in [2.75, 3.05) is 13.6 Å². The van der Waals surface area contributed by atoms with Crippen LogP contribution >= 0.6 is 0 Å². The monoisotopic (exact) mass is 307 g/mol. The average molecular weight is 307 g/mol. The van der Waals surface area contributed by atoms with E-state index in [0.29, 0.717) is 10.5 Å². The Morgan fingerprint density at radius 1 is 1.29 bits per heavy atom. The molecule has 0 unspecified atom stereocenters. The Kier molecular flexibility index (Phi) is 5.28. The molecule has 21 heavy (non-hydrogen) atoms. The van der Waals surface area contributed by atoms with Crippen LogP contribution < -0.4 is 0 Å². The molecule has 1 amide bonds. The maximum absolute atomic E-state index is 12.9. The molecule has 0 fully saturated rings. The third-order valence-corrected chi connectivity index (χ3v) is 2.87. The van der Waals surface area contributed by atoms with Crippen LogP contribution in [0, 0.1) is 0 Å². The highest BCUT2D eigenvalue weighted by atomic mass is 19.3. The Labute approximate surface area is 118 Å². The minimum Gasteiger partial charge on any atom is -0.478 e. The second-order valence-electron chi connectivity index (χ2n) is 4.36. The molecule has 0 saturated carbocycles. The zero-order chi connectivity index (χ0) is 16.2. The van der Waals surface area contributed by atoms with Crippen molar-refractivity contribution in [3.63, 3.8) is 0 Å². The molecule has 0 aliphatic carbocycles. The number of carboxylic acids is 1. The molecule has 4 nitrogen and oxygen atoms in total. The molecule has 0 aliphatic heterocycles. The SMILES string of the molecule is CN(CCc1ccccc1C(=O)O)C(=O)C(F)(F)C(F)F. The van der Waals surface area contributed by atoms with Crippen LogP contribution in [0.5, 0.6) is 0 Å². The molecule has 0 spiro atoms.